The van der Waals surface area contributed by atoms with Crippen LogP contribution in [0, 0.1) is 0 Å². The molecule has 124 valence electrons. The lowest BCUT2D eigenvalue weighted by Gasteiger charge is -2.14. The molecule has 0 saturated heterocycles. The van der Waals surface area contributed by atoms with Crippen LogP contribution in [0.5, 0.6) is 11.5 Å². The number of anilines is 2. The first-order chi connectivity index (χ1) is 11.1. The van der Waals surface area contributed by atoms with Crippen LogP contribution < -0.4 is 20.9 Å². The molecule has 0 atom stereocenters. The fourth-order valence-electron chi connectivity index (χ4n) is 2.11. The highest BCUT2D eigenvalue weighted by molar-refractivity contribution is 5.48. The lowest BCUT2D eigenvalue weighted by Crippen LogP contribution is -2.05. The Morgan fingerprint density at radius 2 is 1.70 bits per heavy atom. The first kappa shape index (κ1) is 16.9. The van der Waals surface area contributed by atoms with Crippen molar-refractivity contribution in [2.24, 2.45) is 0 Å². The summed E-state index contributed by atoms with van der Waals surface area (Å²) >= 11 is 0. The predicted molar refractivity (Wildman–Crippen MR) is 91.7 cm³/mol. The van der Waals surface area contributed by atoms with Gasteiger partial charge in [0, 0.05) is 18.2 Å². The van der Waals surface area contributed by atoms with Crippen molar-refractivity contribution < 1.29 is 9.47 Å². The molecule has 0 unspecified atom stereocenters. The lowest BCUT2D eigenvalue weighted by molar-refractivity contribution is 0.268. The first-order valence-corrected chi connectivity index (χ1v) is 7.89. The third-order valence-electron chi connectivity index (χ3n) is 3.24. The maximum Gasteiger partial charge on any atom is 0.221 e. The van der Waals surface area contributed by atoms with Crippen LogP contribution >= 0.6 is 0 Å². The van der Waals surface area contributed by atoms with Gasteiger partial charge in [0.15, 0.2) is 11.5 Å². The molecular formula is C17H24N4O2. The van der Waals surface area contributed by atoms with Crippen LogP contribution in [0.4, 0.5) is 11.8 Å². The van der Waals surface area contributed by atoms with E-state index < -0.39 is 0 Å². The fraction of sp³-hybridized carbons (Fsp3) is 0.412. The van der Waals surface area contributed by atoms with E-state index in [-0.39, 0.29) is 5.95 Å². The molecule has 2 aromatic rings. The Morgan fingerprint density at radius 1 is 1.00 bits per heavy atom. The number of aromatic nitrogens is 2. The average molecular weight is 316 g/mol. The van der Waals surface area contributed by atoms with Crippen molar-refractivity contribution in [3.8, 4) is 11.5 Å². The van der Waals surface area contributed by atoms with E-state index in [0.29, 0.717) is 25.5 Å². The summed E-state index contributed by atoms with van der Waals surface area (Å²) in [7, 11) is 0. The summed E-state index contributed by atoms with van der Waals surface area (Å²) in [6.07, 6.45) is 4.17. The zero-order valence-electron chi connectivity index (χ0n) is 13.7. The molecule has 23 heavy (non-hydrogen) atoms. The third kappa shape index (κ3) is 4.74. The number of hydrogen-bond donors (Lipinski definition) is 2. The number of nitrogens with two attached hydrogens (primary N) is 2. The maximum atomic E-state index is 5.90. The highest BCUT2D eigenvalue weighted by Crippen LogP contribution is 2.30. The molecule has 1 heterocycles. The summed E-state index contributed by atoms with van der Waals surface area (Å²) in [6.45, 7) is 5.47. The fourth-order valence-corrected chi connectivity index (χ4v) is 2.11. The van der Waals surface area contributed by atoms with Gasteiger partial charge in [0.25, 0.3) is 0 Å². The van der Waals surface area contributed by atoms with Gasteiger partial charge >= 0.3 is 0 Å². The number of nitrogens with zero attached hydrogens (tertiary/aromatic N) is 2. The van der Waals surface area contributed by atoms with E-state index in [0.717, 1.165) is 35.5 Å². The second-order valence-corrected chi connectivity index (χ2v) is 5.29. The Morgan fingerprint density at radius 3 is 2.35 bits per heavy atom. The minimum Gasteiger partial charge on any atom is -0.490 e. The molecule has 0 aliphatic heterocycles. The second-order valence-electron chi connectivity index (χ2n) is 5.29. The Hall–Kier alpha value is -2.50. The quantitative estimate of drug-likeness (QED) is 0.777. The highest BCUT2D eigenvalue weighted by atomic mass is 16.5. The number of rotatable bonds is 8. The molecule has 4 N–H and O–H groups in total. The van der Waals surface area contributed by atoms with Crippen LogP contribution in [-0.2, 0) is 6.42 Å². The van der Waals surface area contributed by atoms with Crippen molar-refractivity contribution in [1.29, 1.82) is 0 Å². The van der Waals surface area contributed by atoms with Gasteiger partial charge < -0.3 is 20.9 Å². The Kier molecular flexibility index (Phi) is 6.02. The maximum absolute atomic E-state index is 5.90. The molecule has 0 fully saturated rings. The summed E-state index contributed by atoms with van der Waals surface area (Å²) < 4.78 is 11.5. The van der Waals surface area contributed by atoms with Crippen molar-refractivity contribution in [2.45, 2.75) is 33.1 Å². The molecule has 1 aromatic heterocycles. The van der Waals surface area contributed by atoms with Gasteiger partial charge in [-0.25, -0.2) is 4.98 Å². The largest absolute Gasteiger partial charge is 0.490 e. The summed E-state index contributed by atoms with van der Waals surface area (Å²) in [5.41, 5.74) is 13.3. The zero-order valence-corrected chi connectivity index (χ0v) is 13.7. The Balaban J connectivity index is 2.21. The molecule has 0 amide bonds. The van der Waals surface area contributed by atoms with Gasteiger partial charge in [-0.3, -0.25) is 0 Å². The SMILES string of the molecule is CCCOc1ccc(Cc2cnc(N)nc2N)cc1OCCC. The van der Waals surface area contributed by atoms with Crippen LogP contribution in [0.3, 0.4) is 0 Å². The van der Waals surface area contributed by atoms with Crippen molar-refractivity contribution >= 4 is 11.8 Å². The number of hydrogen-bond acceptors (Lipinski definition) is 6. The normalized spacial score (nSPS) is 10.5. The summed E-state index contributed by atoms with van der Waals surface area (Å²) in [6, 6.07) is 5.92. The van der Waals surface area contributed by atoms with Crippen molar-refractivity contribution in [2.75, 3.05) is 24.7 Å². The van der Waals surface area contributed by atoms with Crippen molar-refractivity contribution in [3.05, 3.63) is 35.5 Å². The van der Waals surface area contributed by atoms with Crippen LogP contribution in [0.2, 0.25) is 0 Å². The van der Waals surface area contributed by atoms with E-state index in [1.165, 1.54) is 0 Å². The van der Waals surface area contributed by atoms with E-state index in [1.54, 1.807) is 6.20 Å². The van der Waals surface area contributed by atoms with E-state index in [9.17, 15) is 0 Å². The summed E-state index contributed by atoms with van der Waals surface area (Å²) in [5, 5.41) is 0. The van der Waals surface area contributed by atoms with Crippen LogP contribution in [0.15, 0.2) is 24.4 Å². The third-order valence-corrected chi connectivity index (χ3v) is 3.24. The van der Waals surface area contributed by atoms with Crippen molar-refractivity contribution in [3.63, 3.8) is 0 Å². The molecule has 0 aliphatic carbocycles. The molecule has 0 aliphatic rings. The van der Waals surface area contributed by atoms with Gasteiger partial charge in [-0.05, 0) is 30.5 Å². The molecule has 6 nitrogen and oxygen atoms in total. The minimum atomic E-state index is 0.182. The smallest absolute Gasteiger partial charge is 0.221 e. The minimum absolute atomic E-state index is 0.182. The van der Waals surface area contributed by atoms with Gasteiger partial charge in [0.2, 0.25) is 5.95 Å². The number of nitrogen functional groups attached to an aromatic ring is 2. The molecule has 0 saturated carbocycles. The molecule has 1 aromatic carbocycles. The number of ether oxygens (including phenoxy) is 2. The van der Waals surface area contributed by atoms with Crippen LogP contribution in [-0.4, -0.2) is 23.2 Å². The summed E-state index contributed by atoms with van der Waals surface area (Å²) in [4.78, 5) is 7.99. The van der Waals surface area contributed by atoms with E-state index in [2.05, 4.69) is 23.8 Å². The topological polar surface area (TPSA) is 96.3 Å². The van der Waals surface area contributed by atoms with Gasteiger partial charge in [0.1, 0.15) is 5.82 Å². The summed E-state index contributed by atoms with van der Waals surface area (Å²) in [5.74, 6) is 2.11. The molecule has 0 bridgehead atoms. The van der Waals surface area contributed by atoms with E-state index >= 15 is 0 Å². The molecular weight excluding hydrogens is 292 g/mol. The van der Waals surface area contributed by atoms with Crippen LogP contribution in [0.1, 0.15) is 37.8 Å². The van der Waals surface area contributed by atoms with Gasteiger partial charge in [-0.2, -0.15) is 4.98 Å². The van der Waals surface area contributed by atoms with Crippen LogP contribution in [0.25, 0.3) is 0 Å². The highest BCUT2D eigenvalue weighted by Gasteiger charge is 2.09. The standard InChI is InChI=1S/C17H24N4O2/c1-3-7-22-14-6-5-12(10-15(14)23-8-4-2)9-13-11-20-17(19)21-16(13)18/h5-6,10-11H,3-4,7-9H2,1-2H3,(H4,18,19,20,21). The van der Waals surface area contributed by atoms with Gasteiger partial charge in [-0.1, -0.05) is 19.9 Å². The lowest BCUT2D eigenvalue weighted by atomic mass is 10.1. The Labute approximate surface area is 136 Å². The molecule has 0 radical (unpaired) electrons. The first-order valence-electron chi connectivity index (χ1n) is 7.89. The zero-order chi connectivity index (χ0) is 16.7. The van der Waals surface area contributed by atoms with Crippen molar-refractivity contribution in [1.82, 2.24) is 9.97 Å². The van der Waals surface area contributed by atoms with Gasteiger partial charge in [-0.15, -0.1) is 0 Å². The van der Waals surface area contributed by atoms with E-state index in [1.807, 2.05) is 18.2 Å². The molecule has 0 spiro atoms. The monoisotopic (exact) mass is 316 g/mol. The Bertz CT molecular complexity index is 646. The average Bonchev–Trinajstić information content (AvgIpc) is 2.54. The predicted octanol–water partition coefficient (Wildman–Crippen LogP) is 2.81. The van der Waals surface area contributed by atoms with Gasteiger partial charge in [0.05, 0.1) is 13.2 Å². The van der Waals surface area contributed by atoms with E-state index in [4.69, 9.17) is 20.9 Å². The molecule has 2 rings (SSSR count). The second kappa shape index (κ2) is 8.22. The molecule has 6 heteroatoms. The number of benzene rings is 1.